The van der Waals surface area contributed by atoms with Crippen LogP contribution in [-0.2, 0) is 17.8 Å². The number of likely N-dealkylation sites (N-methyl/N-ethyl adjacent to an activating group) is 1. The second-order valence-electron chi connectivity index (χ2n) is 4.54. The SMILES string of the molecule is CCc1c(NCC#N)ccnc1CNCC(=O)N(C)C. The summed E-state index contributed by atoms with van der Waals surface area (Å²) in [5.74, 6) is 0.0295. The van der Waals surface area contributed by atoms with Gasteiger partial charge in [0.15, 0.2) is 0 Å². The molecule has 0 saturated carbocycles. The van der Waals surface area contributed by atoms with Crippen LogP contribution in [0.5, 0.6) is 0 Å². The van der Waals surface area contributed by atoms with Gasteiger partial charge in [-0.1, -0.05) is 6.92 Å². The van der Waals surface area contributed by atoms with Crippen LogP contribution in [0.1, 0.15) is 18.2 Å². The van der Waals surface area contributed by atoms with Crippen molar-refractivity contribution < 1.29 is 4.79 Å². The standard InChI is InChI=1S/C14H21N5O/c1-4-11-12(18-8-6-15)5-7-17-13(11)9-16-10-14(20)19(2)3/h5,7,16H,4,8-10H2,1-3H3,(H,17,18). The topological polar surface area (TPSA) is 81.0 Å². The minimum atomic E-state index is 0.0295. The van der Waals surface area contributed by atoms with Gasteiger partial charge in [0.1, 0.15) is 6.54 Å². The van der Waals surface area contributed by atoms with Crippen LogP contribution < -0.4 is 10.6 Å². The van der Waals surface area contributed by atoms with Gasteiger partial charge in [-0.3, -0.25) is 9.78 Å². The molecule has 1 amide bonds. The van der Waals surface area contributed by atoms with E-state index in [1.165, 1.54) is 0 Å². The Kier molecular flexibility index (Phi) is 6.47. The first-order valence-corrected chi connectivity index (χ1v) is 6.58. The Labute approximate surface area is 119 Å². The molecule has 2 N–H and O–H groups in total. The number of hydrogen-bond donors (Lipinski definition) is 2. The van der Waals surface area contributed by atoms with Gasteiger partial charge < -0.3 is 15.5 Å². The molecule has 1 heterocycles. The Bertz CT molecular complexity index is 493. The van der Waals surface area contributed by atoms with Crippen LogP contribution in [0.4, 0.5) is 5.69 Å². The number of nitriles is 1. The molecule has 20 heavy (non-hydrogen) atoms. The van der Waals surface area contributed by atoms with Crippen molar-refractivity contribution in [1.82, 2.24) is 15.2 Å². The second-order valence-corrected chi connectivity index (χ2v) is 4.54. The van der Waals surface area contributed by atoms with E-state index in [0.717, 1.165) is 23.4 Å². The molecule has 1 aromatic heterocycles. The zero-order valence-electron chi connectivity index (χ0n) is 12.2. The van der Waals surface area contributed by atoms with Crippen LogP contribution in [0, 0.1) is 11.3 Å². The molecule has 1 aromatic rings. The van der Waals surface area contributed by atoms with Crippen molar-refractivity contribution in [1.29, 1.82) is 5.26 Å². The lowest BCUT2D eigenvalue weighted by molar-refractivity contribution is -0.127. The fourth-order valence-electron chi connectivity index (χ4n) is 1.83. The summed E-state index contributed by atoms with van der Waals surface area (Å²) in [4.78, 5) is 17.4. The number of carbonyl (C=O) groups excluding carboxylic acids is 1. The maximum absolute atomic E-state index is 11.5. The molecule has 0 spiro atoms. The van der Waals surface area contributed by atoms with Crippen LogP contribution in [0.2, 0.25) is 0 Å². The molecule has 0 aliphatic heterocycles. The molecule has 0 unspecified atom stereocenters. The fraction of sp³-hybridized carbons (Fsp3) is 0.500. The Morgan fingerprint density at radius 2 is 2.25 bits per heavy atom. The van der Waals surface area contributed by atoms with E-state index in [4.69, 9.17) is 5.26 Å². The Morgan fingerprint density at radius 3 is 2.85 bits per heavy atom. The van der Waals surface area contributed by atoms with Gasteiger partial charge >= 0.3 is 0 Å². The van der Waals surface area contributed by atoms with E-state index >= 15 is 0 Å². The van der Waals surface area contributed by atoms with Crippen LogP contribution in [-0.4, -0.2) is 43.0 Å². The summed E-state index contributed by atoms with van der Waals surface area (Å²) in [5, 5.41) is 14.8. The van der Waals surface area contributed by atoms with Crippen molar-refractivity contribution in [2.45, 2.75) is 19.9 Å². The highest BCUT2D eigenvalue weighted by Crippen LogP contribution is 2.18. The lowest BCUT2D eigenvalue weighted by Gasteiger charge is -2.14. The predicted octanol–water partition coefficient (Wildman–Crippen LogP) is 0.757. The molecular formula is C14H21N5O. The largest absolute Gasteiger partial charge is 0.372 e. The van der Waals surface area contributed by atoms with E-state index in [0.29, 0.717) is 6.54 Å². The highest BCUT2D eigenvalue weighted by atomic mass is 16.2. The number of anilines is 1. The number of amides is 1. The Balaban J connectivity index is 2.70. The van der Waals surface area contributed by atoms with Crippen LogP contribution in [0.25, 0.3) is 0 Å². The van der Waals surface area contributed by atoms with Crippen LogP contribution in [0.3, 0.4) is 0 Å². The fourth-order valence-corrected chi connectivity index (χ4v) is 1.83. The van der Waals surface area contributed by atoms with E-state index in [1.807, 2.05) is 13.0 Å². The second kappa shape index (κ2) is 8.12. The van der Waals surface area contributed by atoms with Crippen molar-refractivity contribution in [3.8, 4) is 6.07 Å². The number of aromatic nitrogens is 1. The van der Waals surface area contributed by atoms with Gasteiger partial charge in [-0.05, 0) is 18.1 Å². The minimum Gasteiger partial charge on any atom is -0.372 e. The summed E-state index contributed by atoms with van der Waals surface area (Å²) in [7, 11) is 3.46. The number of nitrogens with one attached hydrogen (secondary N) is 2. The number of carbonyl (C=O) groups is 1. The molecule has 0 bridgehead atoms. The van der Waals surface area contributed by atoms with Crippen molar-refractivity contribution in [2.75, 3.05) is 32.5 Å². The summed E-state index contributed by atoms with van der Waals surface area (Å²) in [6, 6.07) is 3.93. The Morgan fingerprint density at radius 1 is 1.50 bits per heavy atom. The molecule has 0 aliphatic carbocycles. The molecule has 0 atom stereocenters. The number of nitrogens with zero attached hydrogens (tertiary/aromatic N) is 3. The third kappa shape index (κ3) is 4.52. The molecule has 0 saturated heterocycles. The van der Waals surface area contributed by atoms with E-state index in [1.54, 1.807) is 25.2 Å². The van der Waals surface area contributed by atoms with E-state index in [2.05, 4.69) is 21.7 Å². The molecule has 0 fully saturated rings. The van der Waals surface area contributed by atoms with Crippen LogP contribution in [0.15, 0.2) is 12.3 Å². The minimum absolute atomic E-state index is 0.0295. The maximum Gasteiger partial charge on any atom is 0.236 e. The molecule has 1 rings (SSSR count). The van der Waals surface area contributed by atoms with Gasteiger partial charge in [-0.15, -0.1) is 0 Å². The van der Waals surface area contributed by atoms with Crippen molar-refractivity contribution >= 4 is 11.6 Å². The van der Waals surface area contributed by atoms with Gasteiger partial charge in [-0.2, -0.15) is 5.26 Å². The first-order valence-electron chi connectivity index (χ1n) is 6.58. The van der Waals surface area contributed by atoms with Gasteiger partial charge in [0.25, 0.3) is 0 Å². The number of hydrogen-bond acceptors (Lipinski definition) is 5. The zero-order chi connectivity index (χ0) is 15.0. The van der Waals surface area contributed by atoms with Gasteiger partial charge in [0, 0.05) is 32.5 Å². The molecule has 0 radical (unpaired) electrons. The average molecular weight is 275 g/mol. The van der Waals surface area contributed by atoms with Crippen molar-refractivity contribution in [2.24, 2.45) is 0 Å². The Hall–Kier alpha value is -2.13. The van der Waals surface area contributed by atoms with Crippen LogP contribution >= 0.6 is 0 Å². The van der Waals surface area contributed by atoms with E-state index < -0.39 is 0 Å². The van der Waals surface area contributed by atoms with E-state index in [9.17, 15) is 4.79 Å². The molecule has 6 nitrogen and oxygen atoms in total. The van der Waals surface area contributed by atoms with E-state index in [-0.39, 0.29) is 19.0 Å². The molecule has 108 valence electrons. The zero-order valence-corrected chi connectivity index (χ0v) is 12.2. The third-order valence-electron chi connectivity index (χ3n) is 2.92. The lowest BCUT2D eigenvalue weighted by Crippen LogP contribution is -2.33. The summed E-state index contributed by atoms with van der Waals surface area (Å²) in [5.41, 5.74) is 2.91. The molecular weight excluding hydrogens is 254 g/mol. The summed E-state index contributed by atoms with van der Waals surface area (Å²) < 4.78 is 0. The van der Waals surface area contributed by atoms with Gasteiger partial charge in [-0.25, -0.2) is 0 Å². The summed E-state index contributed by atoms with van der Waals surface area (Å²) in [6.45, 7) is 3.13. The number of pyridine rings is 1. The normalized spacial score (nSPS) is 9.90. The van der Waals surface area contributed by atoms with Crippen molar-refractivity contribution in [3.05, 3.63) is 23.5 Å². The smallest absolute Gasteiger partial charge is 0.236 e. The predicted molar refractivity (Wildman–Crippen MR) is 78.1 cm³/mol. The molecule has 0 aromatic carbocycles. The lowest BCUT2D eigenvalue weighted by atomic mass is 10.1. The quantitative estimate of drug-likeness (QED) is 0.718. The highest BCUT2D eigenvalue weighted by Gasteiger charge is 2.09. The third-order valence-corrected chi connectivity index (χ3v) is 2.92. The summed E-state index contributed by atoms with van der Waals surface area (Å²) >= 11 is 0. The monoisotopic (exact) mass is 275 g/mol. The first-order chi connectivity index (χ1) is 9.60. The molecule has 0 aliphatic rings. The highest BCUT2D eigenvalue weighted by molar-refractivity contribution is 5.77. The molecule has 6 heteroatoms. The van der Waals surface area contributed by atoms with Crippen molar-refractivity contribution in [3.63, 3.8) is 0 Å². The van der Waals surface area contributed by atoms with Gasteiger partial charge in [0.2, 0.25) is 5.91 Å². The number of rotatable bonds is 7. The average Bonchev–Trinajstić information content (AvgIpc) is 2.44. The summed E-state index contributed by atoms with van der Waals surface area (Å²) in [6.07, 6.45) is 2.53. The maximum atomic E-state index is 11.5. The van der Waals surface area contributed by atoms with Gasteiger partial charge in [0.05, 0.1) is 18.3 Å². The first kappa shape index (κ1) is 15.9.